The average Bonchev–Trinajstić information content (AvgIpc) is 3.72. The summed E-state index contributed by atoms with van der Waals surface area (Å²) in [5, 5.41) is 2.57. The summed E-state index contributed by atoms with van der Waals surface area (Å²) >= 11 is 1.86. The van der Waals surface area contributed by atoms with Crippen LogP contribution in [0.5, 0.6) is 0 Å². The van der Waals surface area contributed by atoms with Crippen LogP contribution < -0.4 is 4.90 Å². The normalized spacial score (nSPS) is 14.6. The van der Waals surface area contributed by atoms with Gasteiger partial charge in [-0.25, -0.2) is 0 Å². The minimum absolute atomic E-state index is 0.284. The number of thiophene rings is 1. The van der Waals surface area contributed by atoms with Crippen molar-refractivity contribution in [1.82, 2.24) is 0 Å². The molecule has 8 aromatic carbocycles. The maximum absolute atomic E-state index is 3.11. The van der Waals surface area contributed by atoms with E-state index in [0.717, 1.165) is 16.9 Å². The van der Waals surface area contributed by atoms with E-state index in [0.29, 0.717) is 0 Å². The third-order valence-corrected chi connectivity index (χ3v) is 12.0. The van der Waals surface area contributed by atoms with E-state index in [2.05, 4.69) is 194 Å². The Balaban J connectivity index is 1.18. The van der Waals surface area contributed by atoms with E-state index >= 15 is 0 Å². The predicted molar refractivity (Wildman–Crippen MR) is 220 cm³/mol. The molecule has 1 aromatic heterocycles. The van der Waals surface area contributed by atoms with Gasteiger partial charge < -0.3 is 4.90 Å². The third-order valence-electron chi connectivity index (χ3n) is 10.8. The van der Waals surface area contributed by atoms with Gasteiger partial charge in [0.1, 0.15) is 0 Å². The average molecular weight is 680 g/mol. The molecule has 9 aromatic rings. The Labute approximate surface area is 308 Å². The highest BCUT2D eigenvalue weighted by Gasteiger charge is 2.42. The van der Waals surface area contributed by atoms with Crippen LogP contribution in [0.4, 0.5) is 17.1 Å². The SMILES string of the molecule is CC1(c2ccccc2)c2ccccc2-c2c(N(c3ccc(-c4ccccc4)cc3)c3ccc4c(c3)sc3cc(-c5cc#ccc5)ccc34)cccc21. The Hall–Kier alpha value is -6.40. The van der Waals surface area contributed by atoms with Gasteiger partial charge in [0.25, 0.3) is 0 Å². The van der Waals surface area contributed by atoms with Gasteiger partial charge in [-0.1, -0.05) is 140 Å². The van der Waals surface area contributed by atoms with Gasteiger partial charge in [-0.15, -0.1) is 11.3 Å². The topological polar surface area (TPSA) is 3.24 Å². The van der Waals surface area contributed by atoms with Crippen molar-refractivity contribution >= 4 is 48.6 Å². The van der Waals surface area contributed by atoms with Crippen LogP contribution in [0.1, 0.15) is 23.6 Å². The standard InChI is InChI=1S/C50H33NS/c1-50(38-18-9-4-10-19-38)44-21-12-11-20-43(44)49-45(50)22-13-23-46(49)51(39-27-24-36(25-28-39)34-14-5-2-6-15-34)40-29-31-42-41-30-26-37(35-16-7-3-8-17-35)32-47(41)52-48(42)33-40/h2,4-7,9-33H,1H3. The zero-order valence-electron chi connectivity index (χ0n) is 28.7. The van der Waals surface area contributed by atoms with Crippen LogP contribution in [0.2, 0.25) is 0 Å². The summed E-state index contributed by atoms with van der Waals surface area (Å²) in [6, 6.07) is 72.4. The molecule has 0 fully saturated rings. The smallest absolute Gasteiger partial charge is 0.0543 e. The van der Waals surface area contributed by atoms with Crippen LogP contribution in [0.15, 0.2) is 182 Å². The molecule has 1 nitrogen and oxygen atoms in total. The highest BCUT2D eigenvalue weighted by molar-refractivity contribution is 7.25. The van der Waals surface area contributed by atoms with Crippen molar-refractivity contribution in [3.8, 4) is 33.4 Å². The quantitative estimate of drug-likeness (QED) is 0.169. The van der Waals surface area contributed by atoms with Gasteiger partial charge in [-0.3, -0.25) is 0 Å². The van der Waals surface area contributed by atoms with Crippen molar-refractivity contribution in [2.75, 3.05) is 4.90 Å². The summed E-state index contributed by atoms with van der Waals surface area (Å²) < 4.78 is 2.55. The number of hydrogen-bond donors (Lipinski definition) is 0. The summed E-state index contributed by atoms with van der Waals surface area (Å²) in [5.41, 5.74) is 14.5. The minimum Gasteiger partial charge on any atom is -0.310 e. The molecular formula is C50H33NS. The molecule has 1 aliphatic carbocycles. The van der Waals surface area contributed by atoms with Gasteiger partial charge in [0, 0.05) is 42.5 Å². The number of nitrogens with zero attached hydrogens (tertiary/aromatic N) is 1. The highest BCUT2D eigenvalue weighted by Crippen LogP contribution is 2.57. The lowest BCUT2D eigenvalue weighted by molar-refractivity contribution is 0.714. The van der Waals surface area contributed by atoms with Gasteiger partial charge in [0.15, 0.2) is 0 Å². The number of hydrogen-bond acceptors (Lipinski definition) is 2. The molecule has 0 saturated carbocycles. The Kier molecular flexibility index (Phi) is 7.10. The molecule has 1 aliphatic rings. The molecule has 0 saturated heterocycles. The van der Waals surface area contributed by atoms with E-state index in [4.69, 9.17) is 0 Å². The van der Waals surface area contributed by atoms with Crippen LogP contribution in [0, 0.1) is 12.1 Å². The Bertz CT molecular complexity index is 2730. The van der Waals surface area contributed by atoms with Crippen LogP contribution in [-0.2, 0) is 5.41 Å². The van der Waals surface area contributed by atoms with Gasteiger partial charge in [-0.05, 0) is 106 Å². The first-order valence-electron chi connectivity index (χ1n) is 17.8. The molecule has 0 bridgehead atoms. The van der Waals surface area contributed by atoms with E-state index < -0.39 is 0 Å². The lowest BCUT2D eigenvalue weighted by Gasteiger charge is -2.30. The number of fused-ring (bicyclic) bond motifs is 6. The first-order chi connectivity index (χ1) is 25.7. The lowest BCUT2D eigenvalue weighted by Crippen LogP contribution is -2.22. The second kappa shape index (κ2) is 12.1. The van der Waals surface area contributed by atoms with Crippen molar-refractivity contribution in [3.05, 3.63) is 211 Å². The molecule has 0 spiro atoms. The molecule has 0 N–H and O–H groups in total. The van der Waals surface area contributed by atoms with Crippen molar-refractivity contribution in [3.63, 3.8) is 0 Å². The Morgan fingerprint density at radius 3 is 1.94 bits per heavy atom. The summed E-state index contributed by atoms with van der Waals surface area (Å²) in [6.07, 6.45) is 0. The maximum atomic E-state index is 3.11. The zero-order valence-corrected chi connectivity index (χ0v) is 29.5. The molecule has 0 aliphatic heterocycles. The molecule has 1 heterocycles. The van der Waals surface area contributed by atoms with E-state index in [1.54, 1.807) is 0 Å². The second-order valence-corrected chi connectivity index (χ2v) is 14.8. The van der Waals surface area contributed by atoms with Crippen molar-refractivity contribution in [2.45, 2.75) is 12.3 Å². The molecule has 1 atom stereocenters. The van der Waals surface area contributed by atoms with E-state index in [9.17, 15) is 0 Å². The number of rotatable bonds is 6. The maximum Gasteiger partial charge on any atom is 0.0543 e. The Morgan fingerprint density at radius 1 is 0.500 bits per heavy atom. The fraction of sp³-hybridized carbons (Fsp3) is 0.0400. The van der Waals surface area contributed by atoms with Gasteiger partial charge in [0.05, 0.1) is 5.69 Å². The van der Waals surface area contributed by atoms with E-state index in [-0.39, 0.29) is 5.41 Å². The third kappa shape index (κ3) is 4.78. The van der Waals surface area contributed by atoms with Crippen LogP contribution in [0.25, 0.3) is 53.6 Å². The summed E-state index contributed by atoms with van der Waals surface area (Å²) in [7, 11) is 0. The van der Waals surface area contributed by atoms with E-state index in [1.807, 2.05) is 23.5 Å². The molecule has 0 amide bonds. The monoisotopic (exact) mass is 679 g/mol. The fourth-order valence-electron chi connectivity index (χ4n) is 8.26. The zero-order chi connectivity index (χ0) is 34.6. The van der Waals surface area contributed by atoms with E-state index in [1.165, 1.54) is 70.4 Å². The summed E-state index contributed by atoms with van der Waals surface area (Å²) in [4.78, 5) is 2.46. The second-order valence-electron chi connectivity index (χ2n) is 13.7. The Morgan fingerprint density at radius 2 is 1.15 bits per heavy atom. The molecule has 244 valence electrons. The predicted octanol–water partition coefficient (Wildman–Crippen LogP) is 13.8. The highest BCUT2D eigenvalue weighted by atomic mass is 32.1. The van der Waals surface area contributed by atoms with Gasteiger partial charge in [0.2, 0.25) is 0 Å². The molecule has 52 heavy (non-hydrogen) atoms. The van der Waals surface area contributed by atoms with Crippen molar-refractivity contribution in [2.24, 2.45) is 0 Å². The molecular weight excluding hydrogens is 647 g/mol. The lowest BCUT2D eigenvalue weighted by atomic mass is 9.74. The van der Waals surface area contributed by atoms with Crippen LogP contribution in [0.3, 0.4) is 0 Å². The fourth-order valence-corrected chi connectivity index (χ4v) is 9.44. The first-order valence-corrected chi connectivity index (χ1v) is 18.6. The van der Waals surface area contributed by atoms with Gasteiger partial charge >= 0.3 is 0 Å². The van der Waals surface area contributed by atoms with Crippen LogP contribution >= 0.6 is 11.3 Å². The molecule has 10 rings (SSSR count). The number of anilines is 3. The van der Waals surface area contributed by atoms with Crippen molar-refractivity contribution < 1.29 is 0 Å². The van der Waals surface area contributed by atoms with Crippen molar-refractivity contribution in [1.29, 1.82) is 0 Å². The minimum atomic E-state index is -0.284. The molecule has 1 unspecified atom stereocenters. The van der Waals surface area contributed by atoms with Crippen LogP contribution in [-0.4, -0.2) is 0 Å². The number of benzene rings is 7. The summed E-state index contributed by atoms with van der Waals surface area (Å²) in [6.45, 7) is 2.39. The largest absolute Gasteiger partial charge is 0.310 e. The van der Waals surface area contributed by atoms with Gasteiger partial charge in [-0.2, -0.15) is 0 Å². The molecule has 2 heteroatoms. The molecule has 0 radical (unpaired) electrons. The summed E-state index contributed by atoms with van der Waals surface area (Å²) in [5.74, 6) is 0. The first kappa shape index (κ1) is 30.4.